The summed E-state index contributed by atoms with van der Waals surface area (Å²) >= 11 is 1.51. The van der Waals surface area contributed by atoms with Gasteiger partial charge in [-0.15, -0.1) is 11.3 Å². The van der Waals surface area contributed by atoms with Gasteiger partial charge in [-0.2, -0.15) is 0 Å². The van der Waals surface area contributed by atoms with Crippen molar-refractivity contribution in [2.45, 2.75) is 51.4 Å². The summed E-state index contributed by atoms with van der Waals surface area (Å²) < 4.78 is 5.19. The third-order valence-electron chi connectivity index (χ3n) is 7.16. The lowest BCUT2D eigenvalue weighted by molar-refractivity contribution is -0.125. The third-order valence-corrected chi connectivity index (χ3v) is 8.37. The van der Waals surface area contributed by atoms with Crippen LogP contribution in [0.4, 0.5) is 5.00 Å². The Kier molecular flexibility index (Phi) is 7.09. The lowest BCUT2D eigenvalue weighted by atomic mass is 9.85. The number of aryl methyl sites for hydroxylation is 1. The number of thiophene rings is 1. The molecule has 5 rings (SSSR count). The minimum absolute atomic E-state index is 0.00710. The molecule has 0 saturated heterocycles. The van der Waals surface area contributed by atoms with Crippen molar-refractivity contribution < 1.29 is 19.1 Å². The first kappa shape index (κ1) is 23.9. The first-order chi connectivity index (χ1) is 17.0. The van der Waals surface area contributed by atoms with E-state index in [1.165, 1.54) is 11.3 Å². The minimum Gasteiger partial charge on any atom is -0.497 e. The Morgan fingerprint density at radius 1 is 0.971 bits per heavy atom. The molecule has 0 spiro atoms. The Morgan fingerprint density at radius 2 is 1.74 bits per heavy atom. The molecule has 1 aromatic heterocycles. The molecule has 3 amide bonds. The molecule has 2 fully saturated rings. The zero-order valence-electron chi connectivity index (χ0n) is 20.2. The molecule has 0 radical (unpaired) electrons. The summed E-state index contributed by atoms with van der Waals surface area (Å²) in [6, 6.07) is 7.86. The second-order valence-corrected chi connectivity index (χ2v) is 11.1. The van der Waals surface area contributed by atoms with Crippen LogP contribution in [0.2, 0.25) is 0 Å². The minimum atomic E-state index is -0.171. The summed E-state index contributed by atoms with van der Waals surface area (Å²) in [6.07, 6.45) is 6.93. The van der Waals surface area contributed by atoms with E-state index in [9.17, 15) is 14.4 Å². The predicted octanol–water partition coefficient (Wildman–Crippen LogP) is 3.71. The van der Waals surface area contributed by atoms with Crippen LogP contribution in [-0.2, 0) is 28.9 Å². The molecule has 186 valence electrons. The molecule has 7 nitrogen and oxygen atoms in total. The summed E-state index contributed by atoms with van der Waals surface area (Å²) in [7, 11) is 1.64. The predicted molar refractivity (Wildman–Crippen MR) is 136 cm³/mol. The maximum Gasteiger partial charge on any atom is 0.254 e. The van der Waals surface area contributed by atoms with Crippen LogP contribution >= 0.6 is 11.3 Å². The second kappa shape index (κ2) is 10.4. The molecule has 1 unspecified atom stereocenters. The smallest absolute Gasteiger partial charge is 0.254 e. The van der Waals surface area contributed by atoms with Gasteiger partial charge in [-0.1, -0.05) is 12.1 Å². The fourth-order valence-electron chi connectivity index (χ4n) is 4.61. The average Bonchev–Trinajstić information content (AvgIpc) is 3.79. The van der Waals surface area contributed by atoms with Crippen molar-refractivity contribution in [1.82, 2.24) is 10.6 Å². The van der Waals surface area contributed by atoms with E-state index in [1.807, 2.05) is 24.3 Å². The van der Waals surface area contributed by atoms with Crippen LogP contribution in [0.3, 0.4) is 0 Å². The summed E-state index contributed by atoms with van der Waals surface area (Å²) in [4.78, 5) is 39.8. The van der Waals surface area contributed by atoms with Gasteiger partial charge in [0.15, 0.2) is 0 Å². The molecule has 2 aromatic rings. The van der Waals surface area contributed by atoms with Crippen LogP contribution in [0, 0.1) is 17.8 Å². The molecule has 1 heterocycles. The van der Waals surface area contributed by atoms with E-state index in [0.29, 0.717) is 36.0 Å². The molecule has 8 heteroatoms. The van der Waals surface area contributed by atoms with Gasteiger partial charge in [0.05, 0.1) is 12.7 Å². The monoisotopic (exact) mass is 495 g/mol. The van der Waals surface area contributed by atoms with Gasteiger partial charge in [-0.05, 0) is 80.5 Å². The fraction of sp³-hybridized carbons (Fsp3) is 0.519. The molecule has 2 saturated carbocycles. The molecule has 3 aliphatic rings. The van der Waals surface area contributed by atoms with Crippen LogP contribution in [0.15, 0.2) is 24.3 Å². The Morgan fingerprint density at radius 3 is 2.43 bits per heavy atom. The van der Waals surface area contributed by atoms with Gasteiger partial charge in [0.2, 0.25) is 11.8 Å². The molecule has 0 bridgehead atoms. The lowest BCUT2D eigenvalue weighted by Gasteiger charge is -2.22. The van der Waals surface area contributed by atoms with E-state index >= 15 is 0 Å². The topological polar surface area (TPSA) is 96.5 Å². The van der Waals surface area contributed by atoms with E-state index < -0.39 is 0 Å². The Balaban J connectivity index is 1.24. The van der Waals surface area contributed by atoms with Gasteiger partial charge in [0.1, 0.15) is 10.8 Å². The molecular formula is C27H33N3O4S. The molecule has 1 atom stereocenters. The van der Waals surface area contributed by atoms with Crippen molar-refractivity contribution in [3.05, 3.63) is 45.8 Å². The standard InChI is InChI=1S/C27H33N3O4S/c1-34-20-9-4-16(5-10-20)12-13-28-24(31)19-8-11-22-21(14-19)23(26(33)29-15-17-2-3-17)27(35-22)30-25(32)18-6-7-18/h4-5,9-10,17-19H,2-3,6-8,11-15H2,1H3,(H,28,31)(H,29,33)(H,30,32). The van der Waals surface area contributed by atoms with Crippen molar-refractivity contribution in [3.63, 3.8) is 0 Å². The first-order valence-electron chi connectivity index (χ1n) is 12.7. The number of carbonyl (C=O) groups is 3. The summed E-state index contributed by atoms with van der Waals surface area (Å²) in [5.74, 6) is 1.20. The highest BCUT2D eigenvalue weighted by Gasteiger charge is 2.35. The fourth-order valence-corrected chi connectivity index (χ4v) is 5.85. The van der Waals surface area contributed by atoms with Crippen LogP contribution in [0.5, 0.6) is 5.75 Å². The van der Waals surface area contributed by atoms with Crippen LogP contribution in [0.1, 0.15) is 58.5 Å². The molecular weight excluding hydrogens is 462 g/mol. The molecule has 0 aliphatic heterocycles. The van der Waals surface area contributed by atoms with Crippen molar-refractivity contribution in [1.29, 1.82) is 0 Å². The molecule has 35 heavy (non-hydrogen) atoms. The quantitative estimate of drug-likeness (QED) is 0.468. The Hall–Kier alpha value is -2.87. The summed E-state index contributed by atoms with van der Waals surface area (Å²) in [6.45, 7) is 1.24. The van der Waals surface area contributed by atoms with Crippen molar-refractivity contribution in [2.24, 2.45) is 17.8 Å². The highest BCUT2D eigenvalue weighted by Crippen LogP contribution is 2.41. The molecule has 3 N–H and O–H groups in total. The van der Waals surface area contributed by atoms with E-state index in [4.69, 9.17) is 4.74 Å². The van der Waals surface area contributed by atoms with E-state index in [0.717, 1.165) is 66.7 Å². The number of amides is 3. The van der Waals surface area contributed by atoms with Crippen molar-refractivity contribution in [3.8, 4) is 5.75 Å². The zero-order valence-corrected chi connectivity index (χ0v) is 21.0. The maximum absolute atomic E-state index is 13.2. The SMILES string of the molecule is COc1ccc(CCNC(=O)C2CCc3sc(NC(=O)C4CC4)c(C(=O)NCC4CC4)c3C2)cc1. The number of benzene rings is 1. The van der Waals surface area contributed by atoms with Gasteiger partial charge >= 0.3 is 0 Å². The number of ether oxygens (including phenoxy) is 1. The van der Waals surface area contributed by atoms with Gasteiger partial charge in [0.25, 0.3) is 5.91 Å². The van der Waals surface area contributed by atoms with Gasteiger partial charge in [-0.3, -0.25) is 14.4 Å². The van der Waals surface area contributed by atoms with Crippen LogP contribution < -0.4 is 20.7 Å². The van der Waals surface area contributed by atoms with Gasteiger partial charge < -0.3 is 20.7 Å². The Labute approximate surface area is 210 Å². The highest BCUT2D eigenvalue weighted by atomic mass is 32.1. The lowest BCUT2D eigenvalue weighted by Crippen LogP contribution is -2.35. The zero-order chi connectivity index (χ0) is 24.4. The average molecular weight is 496 g/mol. The van der Waals surface area contributed by atoms with Crippen LogP contribution in [0.25, 0.3) is 0 Å². The van der Waals surface area contributed by atoms with Crippen molar-refractivity contribution in [2.75, 3.05) is 25.5 Å². The number of hydrogen-bond acceptors (Lipinski definition) is 5. The van der Waals surface area contributed by atoms with Gasteiger partial charge in [-0.25, -0.2) is 0 Å². The molecule has 3 aliphatic carbocycles. The Bertz CT molecular complexity index is 1100. The normalized spacial score (nSPS) is 18.9. The van der Waals surface area contributed by atoms with E-state index in [2.05, 4.69) is 16.0 Å². The summed E-state index contributed by atoms with van der Waals surface area (Å²) in [5, 5.41) is 9.83. The number of anilines is 1. The maximum atomic E-state index is 13.2. The van der Waals surface area contributed by atoms with Gasteiger partial charge in [0, 0.05) is 29.8 Å². The largest absolute Gasteiger partial charge is 0.497 e. The van der Waals surface area contributed by atoms with E-state index in [1.54, 1.807) is 7.11 Å². The number of methoxy groups -OCH3 is 1. The van der Waals surface area contributed by atoms with Crippen LogP contribution in [-0.4, -0.2) is 37.9 Å². The summed E-state index contributed by atoms with van der Waals surface area (Å²) in [5.41, 5.74) is 2.66. The van der Waals surface area contributed by atoms with Crippen molar-refractivity contribution >= 4 is 34.1 Å². The second-order valence-electron chi connectivity index (χ2n) is 9.95. The number of fused-ring (bicyclic) bond motifs is 1. The number of carbonyl (C=O) groups excluding carboxylic acids is 3. The first-order valence-corrected chi connectivity index (χ1v) is 13.5. The van der Waals surface area contributed by atoms with E-state index in [-0.39, 0.29) is 29.6 Å². The number of hydrogen-bond donors (Lipinski definition) is 3. The third kappa shape index (κ3) is 5.86. The number of rotatable bonds is 10. The number of nitrogens with one attached hydrogen (secondary N) is 3. The highest BCUT2D eigenvalue weighted by molar-refractivity contribution is 7.17. The molecule has 1 aromatic carbocycles.